The van der Waals surface area contributed by atoms with Crippen LogP contribution in [0, 0.1) is 23.2 Å². The van der Waals surface area contributed by atoms with Crippen LogP contribution in [0.1, 0.15) is 91.8 Å². The summed E-state index contributed by atoms with van der Waals surface area (Å²) in [5, 5.41) is 0. The molecule has 192 valence electrons. The Hall–Kier alpha value is -0.747. The number of hydrogen-bond acceptors (Lipinski definition) is 0. The van der Waals surface area contributed by atoms with Crippen LogP contribution in [0.25, 0.3) is 11.1 Å². The molecule has 0 saturated heterocycles. The molecule has 0 nitrogen and oxygen atoms in total. The SMILES string of the molecule is C1=CC(C23CC4CC(CC(C4)C2)C3)=[C]([Zr+2](=[C]2CCCCC2)[CH]2c3ccccc3-c3ccccc32)C1.[Cl-].[Cl-]. The van der Waals surface area contributed by atoms with Gasteiger partial charge in [0.15, 0.2) is 0 Å². The number of benzene rings is 2. The van der Waals surface area contributed by atoms with Gasteiger partial charge >= 0.3 is 220 Å². The quantitative estimate of drug-likeness (QED) is 0.503. The van der Waals surface area contributed by atoms with Crippen molar-refractivity contribution in [2.75, 3.05) is 0 Å². The summed E-state index contributed by atoms with van der Waals surface area (Å²) in [6, 6.07) is 19.0. The van der Waals surface area contributed by atoms with Crippen molar-refractivity contribution in [2.45, 2.75) is 80.7 Å². The molecule has 5 fully saturated rings. The number of fused-ring (bicyclic) bond motifs is 3. The van der Waals surface area contributed by atoms with Crippen molar-refractivity contribution in [3.63, 3.8) is 0 Å². The van der Waals surface area contributed by atoms with Crippen LogP contribution in [-0.4, -0.2) is 3.21 Å². The molecule has 0 N–H and O–H groups in total. The first-order chi connectivity index (χ1) is 17.3. The van der Waals surface area contributed by atoms with Crippen LogP contribution in [0.3, 0.4) is 0 Å². The minimum Gasteiger partial charge on any atom is -1.00 e. The van der Waals surface area contributed by atoms with Gasteiger partial charge in [0.1, 0.15) is 0 Å². The van der Waals surface area contributed by atoms with E-state index in [0.29, 0.717) is 9.04 Å². The molecule has 0 aliphatic heterocycles. The first-order valence-corrected chi connectivity index (χ1v) is 18.5. The third-order valence-electron chi connectivity index (χ3n) is 10.8. The second-order valence-corrected chi connectivity index (χ2v) is 19.6. The van der Waals surface area contributed by atoms with E-state index in [1.165, 1.54) is 57.8 Å². The summed E-state index contributed by atoms with van der Waals surface area (Å²) in [5.41, 5.74) is 8.94. The monoisotopic (exact) mass is 606 g/mol. The maximum absolute atomic E-state index is 2.69. The molecule has 0 unspecified atom stereocenters. The molecule has 7 aliphatic rings. The molecule has 37 heavy (non-hydrogen) atoms. The van der Waals surface area contributed by atoms with E-state index in [1.807, 2.05) is 8.85 Å². The topological polar surface area (TPSA) is 0 Å². The Bertz CT molecular complexity index is 1210. The zero-order chi connectivity index (χ0) is 23.0. The van der Waals surface area contributed by atoms with E-state index in [4.69, 9.17) is 0 Å². The maximum atomic E-state index is 2.69. The Morgan fingerprint density at radius 2 is 1.22 bits per heavy atom. The molecule has 2 aromatic rings. The largest absolute Gasteiger partial charge is 1.00 e. The third-order valence-corrected chi connectivity index (χ3v) is 19.6. The normalized spacial score (nSPS) is 30.9. The van der Waals surface area contributed by atoms with Crippen LogP contribution in [-0.2, 0) is 21.3 Å². The zero-order valence-corrected chi connectivity index (χ0v) is 25.8. The molecule has 0 spiro atoms. The summed E-state index contributed by atoms with van der Waals surface area (Å²) in [7, 11) is 0. The van der Waals surface area contributed by atoms with Crippen molar-refractivity contribution in [2.24, 2.45) is 23.2 Å². The van der Waals surface area contributed by atoms with Gasteiger partial charge in [-0.1, -0.05) is 0 Å². The van der Waals surface area contributed by atoms with Gasteiger partial charge in [-0.15, -0.1) is 0 Å². The average Bonchev–Trinajstić information content (AvgIpc) is 3.49. The summed E-state index contributed by atoms with van der Waals surface area (Å²) in [4.78, 5) is 0. The molecule has 9 rings (SSSR count). The Balaban J connectivity index is 0.00000126. The summed E-state index contributed by atoms with van der Waals surface area (Å²) < 4.78 is 4.83. The standard InChI is InChI=1S/C15H19.C13H9.C6H10.2ClH.Zr/c1-2-4-14(3-1)15-8-11-5-12(9-15)7-13(6-11)10-15;1-3-7-12-10(5-1)9-11-6-2-4-8-13(11)12;1-2-4-6-5-3-1;;;/h1,3,11-13H,2,5-10H2;1-9H;1-5H2;2*1H;/q;;;;;+2/p-2. The third kappa shape index (κ3) is 4.21. The van der Waals surface area contributed by atoms with E-state index in [-0.39, 0.29) is 24.8 Å². The van der Waals surface area contributed by atoms with E-state index in [0.717, 1.165) is 17.8 Å². The molecule has 5 saturated carbocycles. The predicted octanol–water partition coefficient (Wildman–Crippen LogP) is 2.95. The molecular formula is C34H38Cl2Zr. The number of hydrogen-bond donors (Lipinski definition) is 0. The minimum atomic E-state index is -2.16. The summed E-state index contributed by atoms with van der Waals surface area (Å²) in [6.45, 7) is 0. The van der Waals surface area contributed by atoms with Crippen LogP contribution in [0.4, 0.5) is 0 Å². The average molecular weight is 609 g/mol. The van der Waals surface area contributed by atoms with Crippen LogP contribution in [0.2, 0.25) is 0 Å². The van der Waals surface area contributed by atoms with Gasteiger partial charge in [0.25, 0.3) is 0 Å². The van der Waals surface area contributed by atoms with E-state index < -0.39 is 21.3 Å². The van der Waals surface area contributed by atoms with Crippen molar-refractivity contribution in [3.8, 4) is 11.1 Å². The van der Waals surface area contributed by atoms with Crippen LogP contribution < -0.4 is 24.8 Å². The number of rotatable bonds is 3. The summed E-state index contributed by atoms with van der Waals surface area (Å²) in [6.07, 6.45) is 23.0. The van der Waals surface area contributed by atoms with Crippen molar-refractivity contribution < 1.29 is 46.1 Å². The van der Waals surface area contributed by atoms with Gasteiger partial charge in [-0.3, -0.25) is 0 Å². The number of allylic oxidation sites excluding steroid dienone is 4. The number of halogens is 2. The van der Waals surface area contributed by atoms with Gasteiger partial charge in [0.05, 0.1) is 0 Å². The van der Waals surface area contributed by atoms with Gasteiger partial charge in [-0.25, -0.2) is 0 Å². The Labute approximate surface area is 243 Å². The Morgan fingerprint density at radius 1 is 0.676 bits per heavy atom. The van der Waals surface area contributed by atoms with E-state index in [9.17, 15) is 0 Å². The molecule has 2 aromatic carbocycles. The fourth-order valence-electron chi connectivity index (χ4n) is 10.0. The van der Waals surface area contributed by atoms with Crippen LogP contribution >= 0.6 is 0 Å². The molecule has 0 atom stereocenters. The van der Waals surface area contributed by atoms with Gasteiger partial charge in [0.2, 0.25) is 0 Å². The molecule has 0 aromatic heterocycles. The van der Waals surface area contributed by atoms with E-state index >= 15 is 0 Å². The van der Waals surface area contributed by atoms with Crippen molar-refractivity contribution in [3.05, 3.63) is 80.7 Å². The minimum absolute atomic E-state index is 0. The van der Waals surface area contributed by atoms with Crippen molar-refractivity contribution >= 4 is 3.21 Å². The summed E-state index contributed by atoms with van der Waals surface area (Å²) >= 11 is -2.16. The first-order valence-electron chi connectivity index (χ1n) is 14.6. The van der Waals surface area contributed by atoms with Gasteiger partial charge in [0, 0.05) is 0 Å². The summed E-state index contributed by atoms with van der Waals surface area (Å²) in [5.74, 6) is 3.10. The predicted molar refractivity (Wildman–Crippen MR) is 143 cm³/mol. The van der Waals surface area contributed by atoms with E-state index in [1.54, 1.807) is 41.5 Å². The first kappa shape index (κ1) is 26.5. The fraction of sp³-hybridized carbons (Fsp3) is 0.500. The molecule has 0 amide bonds. The van der Waals surface area contributed by atoms with Gasteiger partial charge in [-0.05, 0) is 0 Å². The van der Waals surface area contributed by atoms with Gasteiger partial charge < -0.3 is 24.8 Å². The molecule has 3 heteroatoms. The molecule has 0 radical (unpaired) electrons. The smallest absolute Gasteiger partial charge is 1.00 e. The van der Waals surface area contributed by atoms with Gasteiger partial charge in [-0.2, -0.15) is 0 Å². The van der Waals surface area contributed by atoms with Crippen molar-refractivity contribution in [1.82, 2.24) is 0 Å². The second kappa shape index (κ2) is 10.3. The molecular weight excluding hydrogens is 571 g/mol. The zero-order valence-electron chi connectivity index (χ0n) is 21.8. The van der Waals surface area contributed by atoms with Crippen LogP contribution in [0.5, 0.6) is 0 Å². The second-order valence-electron chi connectivity index (χ2n) is 12.9. The van der Waals surface area contributed by atoms with Crippen LogP contribution in [0.15, 0.2) is 69.5 Å². The molecule has 7 aliphatic carbocycles. The van der Waals surface area contributed by atoms with E-state index in [2.05, 4.69) is 63.9 Å². The Kier molecular flexibility index (Phi) is 7.40. The fourth-order valence-corrected chi connectivity index (χ4v) is 20.3. The maximum Gasteiger partial charge on any atom is -1.00 e. The molecule has 4 bridgehead atoms. The Morgan fingerprint density at radius 3 is 1.78 bits per heavy atom. The van der Waals surface area contributed by atoms with Crippen molar-refractivity contribution in [1.29, 1.82) is 0 Å². The molecule has 0 heterocycles.